The number of halogens is 2. The summed E-state index contributed by atoms with van der Waals surface area (Å²) in [5, 5.41) is 2.86. The number of benzene rings is 1. The van der Waals surface area contributed by atoms with Crippen LogP contribution >= 0.6 is 26.6 Å². The first-order valence-corrected chi connectivity index (χ1v) is 9.76. The maximum Gasteiger partial charge on any atom is 0.261 e. The van der Waals surface area contributed by atoms with E-state index in [4.69, 9.17) is 10.7 Å². The van der Waals surface area contributed by atoms with Crippen molar-refractivity contribution in [2.75, 3.05) is 0 Å². The van der Waals surface area contributed by atoms with Crippen LogP contribution in [0.4, 0.5) is 0 Å². The van der Waals surface area contributed by atoms with Crippen LogP contribution in [-0.2, 0) is 9.05 Å². The molecule has 118 valence electrons. The Morgan fingerprint density at radius 2 is 1.86 bits per heavy atom. The van der Waals surface area contributed by atoms with E-state index in [9.17, 15) is 13.2 Å². The van der Waals surface area contributed by atoms with Gasteiger partial charge in [0.05, 0.1) is 4.90 Å². The molecule has 0 spiro atoms. The number of hydrogen-bond acceptors (Lipinski definition) is 3. The highest BCUT2D eigenvalue weighted by Gasteiger charge is 2.16. The van der Waals surface area contributed by atoms with Gasteiger partial charge in [-0.3, -0.25) is 4.79 Å². The van der Waals surface area contributed by atoms with Crippen LogP contribution in [0.25, 0.3) is 0 Å². The SMILES string of the molecule is CC(C)CCC(C)NC(=O)c1cc(Br)cc(S(=O)(=O)Cl)c1. The maximum atomic E-state index is 12.2. The third-order valence-electron chi connectivity index (χ3n) is 2.97. The molecule has 0 radical (unpaired) electrons. The lowest BCUT2D eigenvalue weighted by Crippen LogP contribution is -2.32. The van der Waals surface area contributed by atoms with Gasteiger partial charge in [0.1, 0.15) is 0 Å². The van der Waals surface area contributed by atoms with E-state index < -0.39 is 9.05 Å². The third-order valence-corrected chi connectivity index (χ3v) is 4.76. The van der Waals surface area contributed by atoms with Gasteiger partial charge >= 0.3 is 0 Å². The summed E-state index contributed by atoms with van der Waals surface area (Å²) in [6.07, 6.45) is 1.89. The number of nitrogens with one attached hydrogen (secondary N) is 1. The van der Waals surface area contributed by atoms with Crippen molar-refractivity contribution in [3.8, 4) is 0 Å². The van der Waals surface area contributed by atoms with Gasteiger partial charge in [0.2, 0.25) is 0 Å². The topological polar surface area (TPSA) is 63.2 Å². The molecule has 1 atom stereocenters. The van der Waals surface area contributed by atoms with Gasteiger partial charge in [0.25, 0.3) is 15.0 Å². The molecule has 1 N–H and O–H groups in total. The normalized spacial score (nSPS) is 13.2. The summed E-state index contributed by atoms with van der Waals surface area (Å²) in [6, 6.07) is 4.23. The molecular weight excluding hydrogens is 378 g/mol. The van der Waals surface area contributed by atoms with Gasteiger partial charge in [-0.2, -0.15) is 0 Å². The molecule has 0 fully saturated rings. The first kappa shape index (κ1) is 18.5. The Hall–Kier alpha value is -0.590. The lowest BCUT2D eigenvalue weighted by molar-refractivity contribution is 0.0937. The van der Waals surface area contributed by atoms with E-state index in [1.165, 1.54) is 12.1 Å². The first-order valence-electron chi connectivity index (χ1n) is 6.65. The minimum Gasteiger partial charge on any atom is -0.350 e. The highest BCUT2D eigenvalue weighted by Crippen LogP contribution is 2.22. The second-order valence-corrected chi connectivity index (χ2v) is 8.94. The first-order chi connectivity index (χ1) is 9.59. The van der Waals surface area contributed by atoms with Crippen LogP contribution in [0.5, 0.6) is 0 Å². The molecule has 0 saturated heterocycles. The molecule has 1 rings (SSSR count). The molecule has 0 aliphatic carbocycles. The molecule has 0 aromatic heterocycles. The number of carbonyl (C=O) groups is 1. The van der Waals surface area contributed by atoms with E-state index in [1.807, 2.05) is 6.92 Å². The van der Waals surface area contributed by atoms with E-state index in [-0.39, 0.29) is 22.4 Å². The second kappa shape index (κ2) is 7.61. The van der Waals surface area contributed by atoms with Gasteiger partial charge in [0, 0.05) is 26.8 Å². The average Bonchev–Trinajstić information content (AvgIpc) is 2.34. The Morgan fingerprint density at radius 1 is 1.24 bits per heavy atom. The summed E-state index contributed by atoms with van der Waals surface area (Å²) in [7, 11) is 1.45. The molecule has 0 aliphatic rings. The van der Waals surface area contributed by atoms with E-state index in [0.717, 1.165) is 12.8 Å². The van der Waals surface area contributed by atoms with Crippen LogP contribution in [0.1, 0.15) is 44.0 Å². The molecule has 0 saturated carbocycles. The quantitative estimate of drug-likeness (QED) is 0.741. The zero-order chi connectivity index (χ0) is 16.2. The van der Waals surface area contributed by atoms with Crippen molar-refractivity contribution in [2.24, 2.45) is 5.92 Å². The summed E-state index contributed by atoms with van der Waals surface area (Å²) >= 11 is 3.19. The fourth-order valence-electron chi connectivity index (χ4n) is 1.80. The fraction of sp³-hybridized carbons (Fsp3) is 0.500. The van der Waals surface area contributed by atoms with Crippen molar-refractivity contribution in [1.29, 1.82) is 0 Å². The fourth-order valence-corrected chi connectivity index (χ4v) is 3.24. The zero-order valence-corrected chi connectivity index (χ0v) is 15.3. The highest BCUT2D eigenvalue weighted by atomic mass is 79.9. The molecule has 7 heteroatoms. The minimum absolute atomic E-state index is 0.0231. The smallest absolute Gasteiger partial charge is 0.261 e. The number of amides is 1. The van der Waals surface area contributed by atoms with Crippen molar-refractivity contribution in [3.05, 3.63) is 28.2 Å². The van der Waals surface area contributed by atoms with Gasteiger partial charge < -0.3 is 5.32 Å². The molecule has 21 heavy (non-hydrogen) atoms. The summed E-state index contributed by atoms with van der Waals surface area (Å²) in [4.78, 5) is 12.1. The number of rotatable bonds is 6. The molecule has 1 aromatic carbocycles. The minimum atomic E-state index is -3.87. The van der Waals surface area contributed by atoms with Crippen LogP contribution in [0.15, 0.2) is 27.6 Å². The van der Waals surface area contributed by atoms with Crippen molar-refractivity contribution in [2.45, 2.75) is 44.6 Å². The molecule has 1 amide bonds. The summed E-state index contributed by atoms with van der Waals surface area (Å²) in [6.45, 7) is 6.18. The second-order valence-electron chi connectivity index (χ2n) is 5.46. The predicted octanol–water partition coefficient (Wildman–Crippen LogP) is 3.93. The summed E-state index contributed by atoms with van der Waals surface area (Å²) in [5.74, 6) is 0.261. The van der Waals surface area contributed by atoms with Gasteiger partial charge in [-0.1, -0.05) is 29.8 Å². The van der Waals surface area contributed by atoms with Crippen molar-refractivity contribution in [3.63, 3.8) is 0 Å². The van der Waals surface area contributed by atoms with Crippen LogP contribution in [0.2, 0.25) is 0 Å². The van der Waals surface area contributed by atoms with Gasteiger partial charge in [-0.05, 0) is 43.9 Å². The van der Waals surface area contributed by atoms with E-state index in [1.54, 1.807) is 6.07 Å². The predicted molar refractivity (Wildman–Crippen MR) is 88.2 cm³/mol. The van der Waals surface area contributed by atoms with Crippen molar-refractivity contribution < 1.29 is 13.2 Å². The Bertz CT molecular complexity index is 617. The van der Waals surface area contributed by atoms with Crippen LogP contribution in [0.3, 0.4) is 0 Å². The largest absolute Gasteiger partial charge is 0.350 e. The van der Waals surface area contributed by atoms with Gasteiger partial charge in [-0.15, -0.1) is 0 Å². The van der Waals surface area contributed by atoms with E-state index in [0.29, 0.717) is 10.4 Å². The molecule has 0 bridgehead atoms. The molecular formula is C14H19BrClNO3S. The summed E-state index contributed by atoms with van der Waals surface area (Å²) in [5.41, 5.74) is 0.264. The Morgan fingerprint density at radius 3 is 2.38 bits per heavy atom. The van der Waals surface area contributed by atoms with E-state index >= 15 is 0 Å². The Kier molecular flexibility index (Phi) is 6.69. The molecule has 1 unspecified atom stereocenters. The number of hydrogen-bond donors (Lipinski definition) is 1. The Balaban J connectivity index is 2.86. The molecule has 4 nitrogen and oxygen atoms in total. The average molecular weight is 397 g/mol. The molecule has 1 aromatic rings. The van der Waals surface area contributed by atoms with Crippen molar-refractivity contribution >= 4 is 41.6 Å². The monoisotopic (exact) mass is 395 g/mol. The molecule has 0 heterocycles. The van der Waals surface area contributed by atoms with Crippen LogP contribution < -0.4 is 5.32 Å². The Labute approximate surface area is 138 Å². The maximum absolute atomic E-state index is 12.2. The van der Waals surface area contributed by atoms with Crippen molar-refractivity contribution in [1.82, 2.24) is 5.32 Å². The van der Waals surface area contributed by atoms with Crippen LogP contribution in [0, 0.1) is 5.92 Å². The highest BCUT2D eigenvalue weighted by molar-refractivity contribution is 9.10. The summed E-state index contributed by atoms with van der Waals surface area (Å²) < 4.78 is 23.2. The van der Waals surface area contributed by atoms with Gasteiger partial charge in [0.15, 0.2) is 0 Å². The lowest BCUT2D eigenvalue weighted by Gasteiger charge is -2.15. The standard InChI is InChI=1S/C14H19BrClNO3S/c1-9(2)4-5-10(3)17-14(18)11-6-12(15)8-13(7-11)21(16,19)20/h6-10H,4-5H2,1-3H3,(H,17,18). The zero-order valence-electron chi connectivity index (χ0n) is 12.2. The molecule has 0 aliphatic heterocycles. The number of carbonyl (C=O) groups excluding carboxylic acids is 1. The van der Waals surface area contributed by atoms with Gasteiger partial charge in [-0.25, -0.2) is 8.42 Å². The third kappa shape index (κ3) is 6.36. The lowest BCUT2D eigenvalue weighted by atomic mass is 10.0. The van der Waals surface area contributed by atoms with Crippen LogP contribution in [-0.4, -0.2) is 20.4 Å². The van der Waals surface area contributed by atoms with E-state index in [2.05, 4.69) is 35.1 Å².